The molecule has 0 saturated heterocycles. The summed E-state index contributed by atoms with van der Waals surface area (Å²) in [5.74, 6) is -1.83. The standard InChI is InChI=1S/C21H23FN2O4/c1-14(2)12-23-21(27)16-8-4-6-10-18(16)24-19(25)13-28-20(26)11-15-7-3-5-9-17(15)22/h3-10,14H,11-13H2,1-2H3,(H,23,27)(H,24,25). The zero-order valence-electron chi connectivity index (χ0n) is 15.8. The molecule has 0 aliphatic heterocycles. The highest BCUT2D eigenvalue weighted by atomic mass is 19.1. The van der Waals surface area contributed by atoms with Crippen LogP contribution in [0.1, 0.15) is 29.8 Å². The van der Waals surface area contributed by atoms with E-state index in [-0.39, 0.29) is 17.9 Å². The van der Waals surface area contributed by atoms with Crippen LogP contribution in [0.4, 0.5) is 10.1 Å². The molecule has 0 heterocycles. The van der Waals surface area contributed by atoms with E-state index in [1.54, 1.807) is 30.3 Å². The minimum atomic E-state index is -0.719. The number of para-hydroxylation sites is 1. The molecule has 7 heteroatoms. The van der Waals surface area contributed by atoms with Gasteiger partial charge in [0.15, 0.2) is 6.61 Å². The summed E-state index contributed by atoms with van der Waals surface area (Å²) in [4.78, 5) is 36.2. The summed E-state index contributed by atoms with van der Waals surface area (Å²) in [6.07, 6.45) is -0.270. The Morgan fingerprint density at radius 2 is 1.71 bits per heavy atom. The van der Waals surface area contributed by atoms with Crippen molar-refractivity contribution in [2.45, 2.75) is 20.3 Å². The smallest absolute Gasteiger partial charge is 0.310 e. The monoisotopic (exact) mass is 386 g/mol. The molecule has 2 aromatic carbocycles. The molecule has 0 fully saturated rings. The van der Waals surface area contributed by atoms with Crippen molar-refractivity contribution < 1.29 is 23.5 Å². The number of rotatable bonds is 8. The Labute approximate surface area is 163 Å². The van der Waals surface area contributed by atoms with Crippen LogP contribution in [0.15, 0.2) is 48.5 Å². The quantitative estimate of drug-likeness (QED) is 0.683. The van der Waals surface area contributed by atoms with E-state index in [2.05, 4.69) is 10.6 Å². The minimum absolute atomic E-state index is 0.195. The van der Waals surface area contributed by atoms with E-state index in [4.69, 9.17) is 4.74 Å². The molecule has 2 aromatic rings. The first-order valence-electron chi connectivity index (χ1n) is 8.93. The summed E-state index contributed by atoms with van der Waals surface area (Å²) in [5.41, 5.74) is 0.827. The molecule has 0 saturated carbocycles. The van der Waals surface area contributed by atoms with Crippen molar-refractivity contribution in [3.63, 3.8) is 0 Å². The lowest BCUT2D eigenvalue weighted by Crippen LogP contribution is -2.29. The van der Waals surface area contributed by atoms with E-state index < -0.39 is 24.3 Å². The molecule has 28 heavy (non-hydrogen) atoms. The van der Waals surface area contributed by atoms with Gasteiger partial charge in [0.1, 0.15) is 5.82 Å². The first-order chi connectivity index (χ1) is 13.4. The van der Waals surface area contributed by atoms with Crippen molar-refractivity contribution in [1.82, 2.24) is 5.32 Å². The Kier molecular flexibility index (Phi) is 7.68. The molecule has 0 atom stereocenters. The molecule has 6 nitrogen and oxygen atoms in total. The maximum atomic E-state index is 13.5. The molecule has 0 spiro atoms. The van der Waals surface area contributed by atoms with Crippen LogP contribution in [0, 0.1) is 11.7 Å². The van der Waals surface area contributed by atoms with Crippen molar-refractivity contribution in [2.75, 3.05) is 18.5 Å². The SMILES string of the molecule is CC(C)CNC(=O)c1ccccc1NC(=O)COC(=O)Cc1ccccc1F. The highest BCUT2D eigenvalue weighted by Crippen LogP contribution is 2.15. The molecule has 0 radical (unpaired) electrons. The first kappa shape index (κ1) is 21.1. The van der Waals surface area contributed by atoms with Crippen LogP contribution in [0.2, 0.25) is 0 Å². The van der Waals surface area contributed by atoms with Gasteiger partial charge < -0.3 is 15.4 Å². The van der Waals surface area contributed by atoms with Crippen LogP contribution in [0.5, 0.6) is 0 Å². The molecular weight excluding hydrogens is 363 g/mol. The van der Waals surface area contributed by atoms with Crippen molar-refractivity contribution in [2.24, 2.45) is 5.92 Å². The Hall–Kier alpha value is -3.22. The average Bonchev–Trinajstić information content (AvgIpc) is 2.67. The Morgan fingerprint density at radius 1 is 1.04 bits per heavy atom. The molecule has 0 aliphatic carbocycles. The Balaban J connectivity index is 1.90. The highest BCUT2D eigenvalue weighted by molar-refractivity contribution is 6.04. The third kappa shape index (κ3) is 6.50. The zero-order chi connectivity index (χ0) is 20.5. The van der Waals surface area contributed by atoms with E-state index in [0.717, 1.165) is 0 Å². The average molecular weight is 386 g/mol. The normalized spacial score (nSPS) is 10.4. The van der Waals surface area contributed by atoms with Gasteiger partial charge in [-0.15, -0.1) is 0 Å². The van der Waals surface area contributed by atoms with E-state index in [9.17, 15) is 18.8 Å². The molecule has 2 amide bonds. The fourth-order valence-corrected chi connectivity index (χ4v) is 2.36. The summed E-state index contributed by atoms with van der Waals surface area (Å²) in [5, 5.41) is 5.34. The van der Waals surface area contributed by atoms with Crippen LogP contribution < -0.4 is 10.6 Å². The van der Waals surface area contributed by atoms with Crippen LogP contribution in [-0.2, 0) is 20.7 Å². The number of ether oxygens (including phenoxy) is 1. The second kappa shape index (κ2) is 10.2. The van der Waals surface area contributed by atoms with Crippen LogP contribution in [0.25, 0.3) is 0 Å². The molecule has 0 unspecified atom stereocenters. The number of esters is 1. The second-order valence-corrected chi connectivity index (χ2v) is 6.63. The number of hydrogen-bond acceptors (Lipinski definition) is 4. The maximum Gasteiger partial charge on any atom is 0.310 e. The fraction of sp³-hybridized carbons (Fsp3) is 0.286. The van der Waals surface area contributed by atoms with Crippen molar-refractivity contribution in [3.8, 4) is 0 Å². The number of halogens is 1. The van der Waals surface area contributed by atoms with Crippen molar-refractivity contribution in [1.29, 1.82) is 0 Å². The number of benzene rings is 2. The minimum Gasteiger partial charge on any atom is -0.455 e. The number of amides is 2. The number of hydrogen-bond donors (Lipinski definition) is 2. The third-order valence-corrected chi connectivity index (χ3v) is 3.77. The van der Waals surface area contributed by atoms with Crippen LogP contribution in [0.3, 0.4) is 0 Å². The lowest BCUT2D eigenvalue weighted by atomic mass is 10.1. The van der Waals surface area contributed by atoms with Crippen LogP contribution >= 0.6 is 0 Å². The molecular formula is C21H23FN2O4. The van der Waals surface area contributed by atoms with Crippen molar-refractivity contribution >= 4 is 23.5 Å². The van der Waals surface area contributed by atoms with Crippen LogP contribution in [-0.4, -0.2) is 30.9 Å². The first-order valence-corrected chi connectivity index (χ1v) is 8.93. The number of carbonyl (C=O) groups is 3. The van der Waals surface area contributed by atoms with E-state index in [1.165, 1.54) is 18.2 Å². The summed E-state index contributed by atoms with van der Waals surface area (Å²) in [6, 6.07) is 12.4. The lowest BCUT2D eigenvalue weighted by molar-refractivity contribution is -0.146. The topological polar surface area (TPSA) is 84.5 Å². The Morgan fingerprint density at radius 3 is 2.43 bits per heavy atom. The third-order valence-electron chi connectivity index (χ3n) is 3.77. The molecule has 0 aliphatic rings. The molecule has 0 aromatic heterocycles. The zero-order valence-corrected chi connectivity index (χ0v) is 15.8. The van der Waals surface area contributed by atoms with E-state index in [1.807, 2.05) is 13.8 Å². The van der Waals surface area contributed by atoms with Gasteiger partial charge >= 0.3 is 5.97 Å². The molecule has 148 valence electrons. The van der Waals surface area contributed by atoms with Gasteiger partial charge in [-0.05, 0) is 29.7 Å². The predicted octanol–water partition coefficient (Wildman–Crippen LogP) is 2.94. The predicted molar refractivity (Wildman–Crippen MR) is 103 cm³/mol. The second-order valence-electron chi connectivity index (χ2n) is 6.63. The summed E-state index contributed by atoms with van der Waals surface area (Å²) >= 11 is 0. The number of nitrogens with one attached hydrogen (secondary N) is 2. The summed E-state index contributed by atoms with van der Waals surface area (Å²) in [6.45, 7) is 3.93. The highest BCUT2D eigenvalue weighted by Gasteiger charge is 2.15. The van der Waals surface area contributed by atoms with Gasteiger partial charge in [-0.3, -0.25) is 14.4 Å². The molecule has 2 rings (SSSR count). The summed E-state index contributed by atoms with van der Waals surface area (Å²) in [7, 11) is 0. The van der Waals surface area contributed by atoms with E-state index in [0.29, 0.717) is 23.7 Å². The largest absolute Gasteiger partial charge is 0.455 e. The molecule has 0 bridgehead atoms. The number of anilines is 1. The van der Waals surface area contributed by atoms with Gasteiger partial charge in [0.2, 0.25) is 0 Å². The van der Waals surface area contributed by atoms with Crippen molar-refractivity contribution in [3.05, 3.63) is 65.5 Å². The fourth-order valence-electron chi connectivity index (χ4n) is 2.36. The van der Waals surface area contributed by atoms with Gasteiger partial charge in [-0.25, -0.2) is 4.39 Å². The maximum absolute atomic E-state index is 13.5. The van der Waals surface area contributed by atoms with Gasteiger partial charge in [0, 0.05) is 6.54 Å². The van der Waals surface area contributed by atoms with E-state index >= 15 is 0 Å². The van der Waals surface area contributed by atoms with Gasteiger partial charge in [0.05, 0.1) is 17.7 Å². The van der Waals surface area contributed by atoms with Gasteiger partial charge in [0.25, 0.3) is 11.8 Å². The summed E-state index contributed by atoms with van der Waals surface area (Å²) < 4.78 is 18.4. The Bertz CT molecular complexity index is 852. The lowest BCUT2D eigenvalue weighted by Gasteiger charge is -2.12. The van der Waals surface area contributed by atoms with Gasteiger partial charge in [-0.1, -0.05) is 44.2 Å². The number of carbonyl (C=O) groups excluding carboxylic acids is 3. The molecule has 2 N–H and O–H groups in total. The van der Waals surface area contributed by atoms with Gasteiger partial charge in [-0.2, -0.15) is 0 Å².